The number of fused-ring (bicyclic) bond motifs is 1. The molecule has 1 aromatic carbocycles. The van der Waals surface area contributed by atoms with Gasteiger partial charge in [0.05, 0.1) is 28.1 Å². The Morgan fingerprint density at radius 2 is 2.19 bits per heavy atom. The van der Waals surface area contributed by atoms with E-state index >= 15 is 0 Å². The second kappa shape index (κ2) is 4.84. The molecule has 3 rings (SSSR count). The molecule has 1 atom stereocenters. The third kappa shape index (κ3) is 2.42. The zero-order valence-corrected chi connectivity index (χ0v) is 12.4. The van der Waals surface area contributed by atoms with Crippen LogP contribution in [0.15, 0.2) is 18.2 Å². The van der Waals surface area contributed by atoms with Crippen molar-refractivity contribution in [3.8, 4) is 0 Å². The highest BCUT2D eigenvalue weighted by Gasteiger charge is 2.29. The van der Waals surface area contributed by atoms with E-state index in [2.05, 4.69) is 4.98 Å². The van der Waals surface area contributed by atoms with E-state index in [9.17, 15) is 18.3 Å². The van der Waals surface area contributed by atoms with Gasteiger partial charge in [-0.3, -0.25) is 0 Å². The Hall–Kier alpha value is -1.89. The first kappa shape index (κ1) is 14.1. The normalized spacial score (nSPS) is 21.5. The number of aromatic nitrogens is 2. The van der Waals surface area contributed by atoms with E-state index in [0.29, 0.717) is 23.3 Å². The van der Waals surface area contributed by atoms with E-state index in [-0.39, 0.29) is 23.1 Å². The molecule has 112 valence electrons. The topological polar surface area (TPSA) is 89.3 Å². The first-order valence-corrected chi connectivity index (χ1v) is 8.62. The van der Waals surface area contributed by atoms with Crippen LogP contribution >= 0.6 is 0 Å². The molecule has 6 nitrogen and oxygen atoms in total. The fraction of sp³-hybridized carbons (Fsp3) is 0.429. The van der Waals surface area contributed by atoms with Crippen molar-refractivity contribution in [3.63, 3.8) is 0 Å². The van der Waals surface area contributed by atoms with Crippen LogP contribution in [0.1, 0.15) is 35.1 Å². The van der Waals surface area contributed by atoms with E-state index in [1.165, 1.54) is 6.07 Å². The van der Waals surface area contributed by atoms with Gasteiger partial charge in [-0.2, -0.15) is 0 Å². The Morgan fingerprint density at radius 1 is 1.43 bits per heavy atom. The number of imidazole rings is 1. The van der Waals surface area contributed by atoms with Crippen LogP contribution in [0.3, 0.4) is 0 Å². The number of hydrogen-bond acceptors (Lipinski definition) is 4. The van der Waals surface area contributed by atoms with Gasteiger partial charge in [-0.1, -0.05) is 6.07 Å². The molecule has 0 saturated carbocycles. The Bertz CT molecular complexity index is 823. The zero-order chi connectivity index (χ0) is 15.2. The summed E-state index contributed by atoms with van der Waals surface area (Å²) in [6, 6.07) is 4.69. The summed E-state index contributed by atoms with van der Waals surface area (Å²) in [5.74, 6) is -0.116. The standard InChI is InChI=1S/C14H16N2O4S/c1-9-15-12-6-2-5-11(14(17)18)13(12)16(9)10-4-3-7-21(19,20)8-10/h2,5-6,10H,3-4,7-8H2,1H3,(H,17,18). The number of rotatable bonds is 2. The molecule has 1 aliphatic rings. The molecule has 1 unspecified atom stereocenters. The molecule has 0 bridgehead atoms. The molecule has 2 aromatic rings. The zero-order valence-electron chi connectivity index (χ0n) is 11.6. The summed E-state index contributed by atoms with van der Waals surface area (Å²) < 4.78 is 25.5. The number of para-hydroxylation sites is 1. The number of aromatic carboxylic acids is 1. The summed E-state index contributed by atoms with van der Waals surface area (Å²) in [4.78, 5) is 15.8. The van der Waals surface area contributed by atoms with E-state index < -0.39 is 15.8 Å². The van der Waals surface area contributed by atoms with Gasteiger partial charge in [0.1, 0.15) is 5.82 Å². The van der Waals surface area contributed by atoms with Gasteiger partial charge in [-0.05, 0) is 31.9 Å². The maximum atomic E-state index is 11.9. The summed E-state index contributed by atoms with van der Waals surface area (Å²) in [7, 11) is -3.07. The van der Waals surface area contributed by atoms with Gasteiger partial charge in [0.15, 0.2) is 9.84 Å². The number of sulfone groups is 1. The van der Waals surface area contributed by atoms with Gasteiger partial charge < -0.3 is 9.67 Å². The Balaban J connectivity index is 2.22. The van der Waals surface area contributed by atoms with Gasteiger partial charge >= 0.3 is 5.97 Å². The summed E-state index contributed by atoms with van der Waals surface area (Å²) >= 11 is 0. The summed E-state index contributed by atoms with van der Waals surface area (Å²) in [6.07, 6.45) is 1.32. The third-order valence-corrected chi connectivity index (χ3v) is 5.72. The van der Waals surface area contributed by atoms with Crippen LogP contribution in [-0.2, 0) is 9.84 Å². The number of carboxylic acid groups (broad SMARTS) is 1. The van der Waals surface area contributed by atoms with Crippen molar-refractivity contribution in [2.24, 2.45) is 0 Å². The molecule has 1 fully saturated rings. The highest BCUT2D eigenvalue weighted by atomic mass is 32.2. The van der Waals surface area contributed by atoms with Crippen LogP contribution in [0.25, 0.3) is 11.0 Å². The molecule has 0 aliphatic carbocycles. The molecule has 1 aromatic heterocycles. The molecule has 2 heterocycles. The van der Waals surface area contributed by atoms with Crippen molar-refractivity contribution >= 4 is 26.8 Å². The molecular formula is C14H16N2O4S. The van der Waals surface area contributed by atoms with Crippen molar-refractivity contribution in [3.05, 3.63) is 29.6 Å². The SMILES string of the molecule is Cc1nc2cccc(C(=O)O)c2n1C1CCCS(=O)(=O)C1. The van der Waals surface area contributed by atoms with Crippen molar-refractivity contribution in [2.75, 3.05) is 11.5 Å². The van der Waals surface area contributed by atoms with Crippen LogP contribution < -0.4 is 0 Å². The third-order valence-electron chi connectivity index (χ3n) is 3.92. The molecule has 21 heavy (non-hydrogen) atoms. The van der Waals surface area contributed by atoms with Crippen LogP contribution in [0, 0.1) is 6.92 Å². The molecule has 7 heteroatoms. The van der Waals surface area contributed by atoms with Gasteiger partial charge in [0, 0.05) is 6.04 Å². The monoisotopic (exact) mass is 308 g/mol. The second-order valence-electron chi connectivity index (χ2n) is 5.42. The number of carboxylic acids is 1. The highest BCUT2D eigenvalue weighted by Crippen LogP contribution is 2.30. The number of benzene rings is 1. The number of nitrogens with zero attached hydrogens (tertiary/aromatic N) is 2. The van der Waals surface area contributed by atoms with Gasteiger partial charge in [0.25, 0.3) is 0 Å². The average Bonchev–Trinajstić information content (AvgIpc) is 2.72. The van der Waals surface area contributed by atoms with Crippen molar-refractivity contribution in [2.45, 2.75) is 25.8 Å². The maximum Gasteiger partial charge on any atom is 0.337 e. The second-order valence-corrected chi connectivity index (χ2v) is 7.65. The summed E-state index contributed by atoms with van der Waals surface area (Å²) in [5.41, 5.74) is 1.27. The number of aryl methyl sites for hydroxylation is 1. The van der Waals surface area contributed by atoms with E-state index in [0.717, 1.165) is 6.42 Å². The fourth-order valence-electron chi connectivity index (χ4n) is 3.09. The predicted octanol–water partition coefficient (Wildman–Crippen LogP) is 1.79. The average molecular weight is 308 g/mol. The predicted molar refractivity (Wildman–Crippen MR) is 78.4 cm³/mol. The van der Waals surface area contributed by atoms with Crippen LogP contribution in [-0.4, -0.2) is 40.6 Å². The lowest BCUT2D eigenvalue weighted by Crippen LogP contribution is -2.28. The van der Waals surface area contributed by atoms with Crippen molar-refractivity contribution < 1.29 is 18.3 Å². The van der Waals surface area contributed by atoms with Crippen LogP contribution in [0.2, 0.25) is 0 Å². The minimum atomic E-state index is -3.07. The van der Waals surface area contributed by atoms with E-state index in [1.807, 2.05) is 0 Å². The first-order chi connectivity index (χ1) is 9.89. The summed E-state index contributed by atoms with van der Waals surface area (Å²) in [6.45, 7) is 1.78. The molecule has 1 N–H and O–H groups in total. The molecule has 1 saturated heterocycles. The summed E-state index contributed by atoms with van der Waals surface area (Å²) in [5, 5.41) is 9.36. The highest BCUT2D eigenvalue weighted by molar-refractivity contribution is 7.91. The lowest BCUT2D eigenvalue weighted by molar-refractivity contribution is 0.0698. The number of carbonyl (C=O) groups is 1. The minimum Gasteiger partial charge on any atom is -0.478 e. The van der Waals surface area contributed by atoms with Gasteiger partial charge in [-0.25, -0.2) is 18.2 Å². The minimum absolute atomic E-state index is 0.0489. The Morgan fingerprint density at radius 3 is 2.86 bits per heavy atom. The van der Waals surface area contributed by atoms with Crippen molar-refractivity contribution in [1.82, 2.24) is 9.55 Å². The first-order valence-electron chi connectivity index (χ1n) is 6.80. The van der Waals surface area contributed by atoms with Crippen LogP contribution in [0.4, 0.5) is 0 Å². The van der Waals surface area contributed by atoms with E-state index in [1.54, 1.807) is 23.6 Å². The number of hydrogen-bond donors (Lipinski definition) is 1. The fourth-order valence-corrected chi connectivity index (χ4v) is 4.76. The van der Waals surface area contributed by atoms with E-state index in [4.69, 9.17) is 0 Å². The lowest BCUT2D eigenvalue weighted by Gasteiger charge is -2.25. The maximum absolute atomic E-state index is 11.9. The molecule has 0 radical (unpaired) electrons. The Labute approximate surface area is 122 Å². The largest absolute Gasteiger partial charge is 0.478 e. The van der Waals surface area contributed by atoms with Crippen molar-refractivity contribution in [1.29, 1.82) is 0 Å². The lowest BCUT2D eigenvalue weighted by atomic mass is 10.1. The molecular weight excluding hydrogens is 292 g/mol. The van der Waals surface area contributed by atoms with Gasteiger partial charge in [-0.15, -0.1) is 0 Å². The Kier molecular flexibility index (Phi) is 3.24. The quantitative estimate of drug-likeness (QED) is 0.913. The molecule has 0 amide bonds. The van der Waals surface area contributed by atoms with Gasteiger partial charge in [0.2, 0.25) is 0 Å². The molecule has 0 spiro atoms. The molecule has 1 aliphatic heterocycles. The van der Waals surface area contributed by atoms with Crippen LogP contribution in [0.5, 0.6) is 0 Å². The smallest absolute Gasteiger partial charge is 0.337 e.